The first-order chi connectivity index (χ1) is 7.33. The Labute approximate surface area is 95.0 Å². The second kappa shape index (κ2) is 4.96. The number of aromatic nitrogens is 1. The van der Waals surface area contributed by atoms with Crippen molar-refractivity contribution >= 4 is 21.1 Å². The number of aryl methyl sites for hydroxylation is 1. The molecule has 1 unspecified atom stereocenters. The van der Waals surface area contributed by atoms with E-state index >= 15 is 0 Å². The average molecular weight is 270 g/mol. The van der Waals surface area contributed by atoms with E-state index in [0.29, 0.717) is 5.69 Å². The minimum Gasteiger partial charge on any atom is -0.247 e. The van der Waals surface area contributed by atoms with Crippen molar-refractivity contribution in [2.45, 2.75) is 17.7 Å². The summed E-state index contributed by atoms with van der Waals surface area (Å²) in [7, 11) is -3.27. The van der Waals surface area contributed by atoms with E-state index in [0.717, 1.165) is 11.3 Å². The van der Waals surface area contributed by atoms with Crippen LogP contribution in [-0.4, -0.2) is 14.9 Å². The van der Waals surface area contributed by atoms with Crippen LogP contribution in [0.5, 0.6) is 0 Å². The Morgan fingerprint density at radius 1 is 1.56 bits per heavy atom. The zero-order valence-corrected chi connectivity index (χ0v) is 9.93. The van der Waals surface area contributed by atoms with Crippen molar-refractivity contribution in [3.05, 3.63) is 23.0 Å². The molecule has 0 amide bonds. The Morgan fingerprint density at radius 2 is 2.19 bits per heavy atom. The normalized spacial score (nSPS) is 14.5. The number of hydrogen-bond acceptors (Lipinski definition) is 4. The molecule has 0 aliphatic rings. The van der Waals surface area contributed by atoms with Gasteiger partial charge in [0, 0.05) is 23.2 Å². The minimum absolute atomic E-state index is 0.0528. The maximum atomic E-state index is 12.5. The number of hydrogen-bond donors (Lipinski definition) is 1. The number of halogens is 3. The Bertz CT molecular complexity index is 503. The van der Waals surface area contributed by atoms with Crippen molar-refractivity contribution in [2.75, 3.05) is 5.75 Å². The summed E-state index contributed by atoms with van der Waals surface area (Å²) in [5.74, 6) is -2.10. The van der Waals surface area contributed by atoms with E-state index in [1.54, 1.807) is 12.3 Å². The van der Waals surface area contributed by atoms with E-state index in [-0.39, 0.29) is 4.34 Å². The summed E-state index contributed by atoms with van der Waals surface area (Å²) < 4.78 is 55.2. The molecular weight excluding hydrogens is 261 g/mol. The maximum Gasteiger partial charge on any atom is 0.301 e. The third-order valence-electron chi connectivity index (χ3n) is 1.69. The monoisotopic (exact) mass is 270 g/mol. The molecule has 8 heteroatoms. The molecule has 0 spiro atoms. The van der Waals surface area contributed by atoms with E-state index in [1.807, 2.05) is 0 Å². The van der Waals surface area contributed by atoms with Crippen molar-refractivity contribution in [3.63, 3.8) is 0 Å². The second-order valence-corrected chi connectivity index (χ2v) is 6.31. The highest BCUT2D eigenvalue weighted by Crippen LogP contribution is 2.21. The van der Waals surface area contributed by atoms with E-state index in [1.165, 1.54) is 0 Å². The SMILES string of the molecule is Cc1csc(S(=N)(=O)CCC(F)=C(F)F)n1. The lowest BCUT2D eigenvalue weighted by atomic mass is 10.4. The first-order valence-electron chi connectivity index (χ1n) is 4.21. The number of rotatable bonds is 4. The zero-order valence-electron chi connectivity index (χ0n) is 8.30. The molecule has 0 fully saturated rings. The lowest BCUT2D eigenvalue weighted by molar-refractivity contribution is 0.373. The van der Waals surface area contributed by atoms with Crippen LogP contribution in [0.2, 0.25) is 0 Å². The van der Waals surface area contributed by atoms with Gasteiger partial charge in [0.2, 0.25) is 0 Å². The lowest BCUT2D eigenvalue weighted by Crippen LogP contribution is -2.05. The van der Waals surface area contributed by atoms with Crippen molar-refractivity contribution in [2.24, 2.45) is 0 Å². The first-order valence-corrected chi connectivity index (χ1v) is 6.82. The standard InChI is InChI=1S/C8H9F3N2OS2/c1-5-4-15-8(13-5)16(12,14)3-2-6(9)7(10)11/h4,12H,2-3H2,1H3. The Morgan fingerprint density at radius 3 is 2.62 bits per heavy atom. The summed E-state index contributed by atoms with van der Waals surface area (Å²) in [6.07, 6.45) is -3.13. The van der Waals surface area contributed by atoms with Crippen molar-refractivity contribution in [1.82, 2.24) is 4.98 Å². The molecule has 0 saturated carbocycles. The summed E-state index contributed by atoms with van der Waals surface area (Å²) in [6, 6.07) is 0. The van der Waals surface area contributed by atoms with Gasteiger partial charge < -0.3 is 0 Å². The summed E-state index contributed by atoms with van der Waals surface area (Å²) in [4.78, 5) is 3.83. The molecule has 1 aromatic heterocycles. The average Bonchev–Trinajstić information content (AvgIpc) is 2.61. The lowest BCUT2D eigenvalue weighted by Gasteiger charge is -2.01. The van der Waals surface area contributed by atoms with Gasteiger partial charge in [0.15, 0.2) is 10.2 Å². The number of nitrogens with one attached hydrogen (secondary N) is 1. The van der Waals surface area contributed by atoms with Gasteiger partial charge in [-0.2, -0.15) is 8.78 Å². The summed E-state index contributed by atoms with van der Waals surface area (Å²) in [5, 5.41) is 1.60. The zero-order chi connectivity index (χ0) is 12.3. The van der Waals surface area contributed by atoms with Crippen LogP contribution in [0.25, 0.3) is 0 Å². The summed E-state index contributed by atoms with van der Waals surface area (Å²) in [5.41, 5.74) is 0.604. The third-order valence-corrected chi connectivity index (χ3v) is 4.98. The van der Waals surface area contributed by atoms with E-state index in [2.05, 4.69) is 4.98 Å². The molecule has 3 nitrogen and oxygen atoms in total. The predicted octanol–water partition coefficient (Wildman–Crippen LogP) is 3.32. The predicted molar refractivity (Wildman–Crippen MR) is 55.8 cm³/mol. The van der Waals surface area contributed by atoms with Crippen LogP contribution in [0.4, 0.5) is 13.2 Å². The Hall–Kier alpha value is -0.890. The van der Waals surface area contributed by atoms with Gasteiger partial charge in [0.25, 0.3) is 0 Å². The largest absolute Gasteiger partial charge is 0.301 e. The molecule has 1 atom stereocenters. The Balaban J connectivity index is 2.78. The van der Waals surface area contributed by atoms with Crippen molar-refractivity contribution in [3.8, 4) is 0 Å². The number of allylic oxidation sites excluding steroid dienone is 1. The fourth-order valence-electron chi connectivity index (χ4n) is 0.899. The van der Waals surface area contributed by atoms with Crippen molar-refractivity contribution < 1.29 is 17.4 Å². The number of thiazole rings is 1. The summed E-state index contributed by atoms with van der Waals surface area (Å²) >= 11 is 1.02. The number of nitrogens with zero attached hydrogens (tertiary/aromatic N) is 1. The van der Waals surface area contributed by atoms with Crippen LogP contribution < -0.4 is 0 Å². The quantitative estimate of drug-likeness (QED) is 0.912. The van der Waals surface area contributed by atoms with Gasteiger partial charge >= 0.3 is 6.08 Å². The molecule has 1 rings (SSSR count). The van der Waals surface area contributed by atoms with E-state index in [4.69, 9.17) is 4.78 Å². The first kappa shape index (κ1) is 13.2. The van der Waals surface area contributed by atoms with Gasteiger partial charge in [-0.25, -0.2) is 18.4 Å². The fourth-order valence-corrected chi connectivity index (χ4v) is 3.37. The molecule has 16 heavy (non-hydrogen) atoms. The second-order valence-electron chi connectivity index (χ2n) is 3.05. The molecule has 0 bridgehead atoms. The van der Waals surface area contributed by atoms with Crippen LogP contribution in [0.1, 0.15) is 12.1 Å². The van der Waals surface area contributed by atoms with Crippen LogP contribution in [-0.2, 0) is 9.73 Å². The highest BCUT2D eigenvalue weighted by molar-refractivity contribution is 7.94. The molecule has 90 valence electrons. The van der Waals surface area contributed by atoms with Crippen LogP contribution in [0.3, 0.4) is 0 Å². The van der Waals surface area contributed by atoms with Crippen LogP contribution >= 0.6 is 11.3 Å². The van der Waals surface area contributed by atoms with Gasteiger partial charge in [0.1, 0.15) is 9.73 Å². The maximum absolute atomic E-state index is 12.5. The van der Waals surface area contributed by atoms with Crippen LogP contribution in [0, 0.1) is 11.7 Å². The minimum atomic E-state index is -3.27. The summed E-state index contributed by atoms with van der Waals surface area (Å²) in [6.45, 7) is 1.66. The molecule has 1 N–H and O–H groups in total. The molecule has 0 aliphatic heterocycles. The van der Waals surface area contributed by atoms with Gasteiger partial charge in [-0.1, -0.05) is 0 Å². The third kappa shape index (κ3) is 3.31. The highest BCUT2D eigenvalue weighted by Gasteiger charge is 2.16. The smallest absolute Gasteiger partial charge is 0.247 e. The molecule has 1 heterocycles. The molecule has 1 aromatic rings. The van der Waals surface area contributed by atoms with Gasteiger partial charge in [-0.3, -0.25) is 0 Å². The Kier molecular flexibility index (Phi) is 4.09. The highest BCUT2D eigenvalue weighted by atomic mass is 32.2. The van der Waals surface area contributed by atoms with Crippen molar-refractivity contribution in [1.29, 1.82) is 4.78 Å². The van der Waals surface area contributed by atoms with E-state index < -0.39 is 33.8 Å². The molecule has 0 radical (unpaired) electrons. The van der Waals surface area contributed by atoms with Gasteiger partial charge in [0.05, 0.1) is 0 Å². The van der Waals surface area contributed by atoms with Gasteiger partial charge in [-0.15, -0.1) is 11.3 Å². The van der Waals surface area contributed by atoms with Gasteiger partial charge in [-0.05, 0) is 6.92 Å². The van der Waals surface area contributed by atoms with E-state index in [9.17, 15) is 17.4 Å². The fraction of sp³-hybridized carbons (Fsp3) is 0.375. The molecule has 0 aromatic carbocycles. The molecule has 0 saturated heterocycles. The van der Waals surface area contributed by atoms with Crippen LogP contribution in [0.15, 0.2) is 21.6 Å². The molecule has 0 aliphatic carbocycles. The topological polar surface area (TPSA) is 53.8 Å². The molecular formula is C8H9F3N2OS2.